The van der Waals surface area contributed by atoms with Crippen LogP contribution >= 0.6 is 0 Å². The molecule has 1 aliphatic heterocycles. The number of hydrogen-bond acceptors (Lipinski definition) is 4. The lowest BCUT2D eigenvalue weighted by atomic mass is 10.1. The topological polar surface area (TPSA) is 54.5 Å². The first-order valence-electron chi connectivity index (χ1n) is 7.31. The molecule has 1 aromatic rings. The summed E-state index contributed by atoms with van der Waals surface area (Å²) < 4.78 is 5.43. The highest BCUT2D eigenvalue weighted by atomic mass is 16.5. The molecule has 112 valence electrons. The summed E-state index contributed by atoms with van der Waals surface area (Å²) >= 11 is 0. The van der Waals surface area contributed by atoms with Gasteiger partial charge in [0.1, 0.15) is 5.82 Å². The number of hydrogen-bond donors (Lipinski definition) is 1. The molecule has 2 heterocycles. The van der Waals surface area contributed by atoms with Crippen LogP contribution in [0.15, 0.2) is 18.2 Å². The normalized spacial score (nSPS) is 15.0. The monoisotopic (exact) mass is 287 g/mol. The summed E-state index contributed by atoms with van der Waals surface area (Å²) in [5.74, 6) is 6.53. The number of piperidine rings is 1. The average Bonchev–Trinajstić information content (AvgIpc) is 2.49. The first-order chi connectivity index (χ1) is 10.2. The van der Waals surface area contributed by atoms with Crippen LogP contribution in [-0.4, -0.2) is 36.6 Å². The molecule has 5 heteroatoms. The maximum Gasteiger partial charge on any atom is 0.296 e. The van der Waals surface area contributed by atoms with Crippen molar-refractivity contribution in [1.82, 2.24) is 10.3 Å². The van der Waals surface area contributed by atoms with Gasteiger partial charge < -0.3 is 15.0 Å². The van der Waals surface area contributed by atoms with Crippen molar-refractivity contribution in [3.63, 3.8) is 0 Å². The smallest absolute Gasteiger partial charge is 0.296 e. The van der Waals surface area contributed by atoms with Crippen molar-refractivity contribution in [2.45, 2.75) is 32.7 Å². The van der Waals surface area contributed by atoms with Crippen molar-refractivity contribution < 1.29 is 9.53 Å². The molecule has 21 heavy (non-hydrogen) atoms. The zero-order chi connectivity index (χ0) is 15.1. The number of nitrogens with one attached hydrogen (secondary N) is 1. The molecular weight excluding hydrogens is 266 g/mol. The van der Waals surface area contributed by atoms with Gasteiger partial charge in [0, 0.05) is 25.2 Å². The van der Waals surface area contributed by atoms with Crippen molar-refractivity contribution in [3.05, 3.63) is 18.2 Å². The van der Waals surface area contributed by atoms with Gasteiger partial charge in [-0.2, -0.15) is 4.98 Å². The standard InChI is InChI=1S/C16H21N3O2/c1-3-6-15(20)17-13-9-11-19(12-10-13)14-7-5-8-16(18-14)21-4-2/h5,7-8,13H,4,9-12H2,1-2H3,(H,17,20). The zero-order valence-electron chi connectivity index (χ0n) is 12.6. The van der Waals surface area contributed by atoms with Gasteiger partial charge in [0.2, 0.25) is 5.88 Å². The Morgan fingerprint density at radius 3 is 2.90 bits per heavy atom. The molecule has 1 saturated heterocycles. The van der Waals surface area contributed by atoms with Crippen molar-refractivity contribution in [3.8, 4) is 17.7 Å². The number of amides is 1. The van der Waals surface area contributed by atoms with Crippen molar-refractivity contribution in [2.75, 3.05) is 24.6 Å². The number of nitrogens with zero attached hydrogens (tertiary/aromatic N) is 2. The maximum atomic E-state index is 11.5. The largest absolute Gasteiger partial charge is 0.478 e. The predicted molar refractivity (Wildman–Crippen MR) is 82.2 cm³/mol. The molecule has 0 spiro atoms. The second kappa shape index (κ2) is 7.53. The lowest BCUT2D eigenvalue weighted by Crippen LogP contribution is -2.44. The van der Waals surface area contributed by atoms with E-state index < -0.39 is 0 Å². The van der Waals surface area contributed by atoms with Gasteiger partial charge in [-0.1, -0.05) is 12.0 Å². The van der Waals surface area contributed by atoms with Gasteiger partial charge >= 0.3 is 0 Å². The Balaban J connectivity index is 1.89. The van der Waals surface area contributed by atoms with E-state index in [1.807, 2.05) is 25.1 Å². The van der Waals surface area contributed by atoms with Crippen LogP contribution in [0.5, 0.6) is 5.88 Å². The lowest BCUT2D eigenvalue weighted by Gasteiger charge is -2.32. The van der Waals surface area contributed by atoms with Crippen LogP contribution in [0.4, 0.5) is 5.82 Å². The third-order valence-corrected chi connectivity index (χ3v) is 3.39. The highest BCUT2D eigenvalue weighted by Crippen LogP contribution is 2.20. The van der Waals surface area contributed by atoms with Gasteiger partial charge in [-0.25, -0.2) is 0 Å². The molecule has 0 saturated carbocycles. The molecule has 1 amide bonds. The molecule has 0 aromatic carbocycles. The van der Waals surface area contributed by atoms with E-state index in [4.69, 9.17) is 4.74 Å². The summed E-state index contributed by atoms with van der Waals surface area (Å²) in [6.45, 7) is 5.96. The van der Waals surface area contributed by atoms with Crippen LogP contribution in [0.2, 0.25) is 0 Å². The average molecular weight is 287 g/mol. The van der Waals surface area contributed by atoms with Crippen LogP contribution in [0.1, 0.15) is 26.7 Å². The summed E-state index contributed by atoms with van der Waals surface area (Å²) in [4.78, 5) is 18.2. The van der Waals surface area contributed by atoms with Gasteiger partial charge in [0.05, 0.1) is 6.61 Å². The van der Waals surface area contributed by atoms with Crippen molar-refractivity contribution in [1.29, 1.82) is 0 Å². The Morgan fingerprint density at radius 1 is 1.48 bits per heavy atom. The van der Waals surface area contributed by atoms with E-state index in [0.717, 1.165) is 31.7 Å². The summed E-state index contributed by atoms with van der Waals surface area (Å²) in [7, 11) is 0. The summed E-state index contributed by atoms with van der Waals surface area (Å²) in [6, 6.07) is 6.01. The third kappa shape index (κ3) is 4.38. The number of rotatable bonds is 4. The second-order valence-corrected chi connectivity index (χ2v) is 4.88. The second-order valence-electron chi connectivity index (χ2n) is 4.88. The van der Waals surface area contributed by atoms with E-state index in [1.165, 1.54) is 0 Å². The fourth-order valence-corrected chi connectivity index (χ4v) is 2.40. The minimum Gasteiger partial charge on any atom is -0.478 e. The SMILES string of the molecule is CC#CC(=O)NC1CCN(c2cccc(OCC)n2)CC1. The molecule has 2 rings (SSSR count). The number of carbonyl (C=O) groups is 1. The molecule has 1 fully saturated rings. The van der Waals surface area contributed by atoms with Crippen molar-refractivity contribution in [2.24, 2.45) is 0 Å². The minimum absolute atomic E-state index is 0.188. The van der Waals surface area contributed by atoms with Crippen LogP contribution < -0.4 is 15.0 Å². The number of anilines is 1. The van der Waals surface area contributed by atoms with Crippen LogP contribution in [0.25, 0.3) is 0 Å². The molecule has 1 N–H and O–H groups in total. The molecule has 5 nitrogen and oxygen atoms in total. The van der Waals surface area contributed by atoms with Gasteiger partial charge in [0.15, 0.2) is 0 Å². The van der Waals surface area contributed by atoms with E-state index in [0.29, 0.717) is 12.5 Å². The van der Waals surface area contributed by atoms with E-state index in [2.05, 4.69) is 27.0 Å². The molecule has 1 aliphatic rings. The first-order valence-corrected chi connectivity index (χ1v) is 7.31. The maximum absolute atomic E-state index is 11.5. The van der Waals surface area contributed by atoms with Crippen LogP contribution in [0.3, 0.4) is 0 Å². The fourth-order valence-electron chi connectivity index (χ4n) is 2.40. The fraction of sp³-hybridized carbons (Fsp3) is 0.500. The Hall–Kier alpha value is -2.22. The highest BCUT2D eigenvalue weighted by molar-refractivity contribution is 5.93. The van der Waals surface area contributed by atoms with Crippen LogP contribution in [-0.2, 0) is 4.79 Å². The van der Waals surface area contributed by atoms with E-state index in [1.54, 1.807) is 6.92 Å². The number of aromatic nitrogens is 1. The Bertz CT molecular complexity index is 540. The molecule has 0 unspecified atom stereocenters. The Labute approximate surface area is 125 Å². The number of carbonyl (C=O) groups excluding carboxylic acids is 1. The zero-order valence-corrected chi connectivity index (χ0v) is 12.6. The molecule has 0 atom stereocenters. The Kier molecular flexibility index (Phi) is 5.44. The van der Waals surface area contributed by atoms with E-state index >= 15 is 0 Å². The predicted octanol–water partition coefficient (Wildman–Crippen LogP) is 1.59. The molecule has 1 aromatic heterocycles. The molecular formula is C16H21N3O2. The summed E-state index contributed by atoms with van der Waals surface area (Å²) in [6.07, 6.45) is 1.80. The van der Waals surface area contributed by atoms with Gasteiger partial charge in [0.25, 0.3) is 5.91 Å². The lowest BCUT2D eigenvalue weighted by molar-refractivity contribution is -0.116. The summed E-state index contributed by atoms with van der Waals surface area (Å²) in [5.41, 5.74) is 0. The first kappa shape index (κ1) is 15.2. The quantitative estimate of drug-likeness (QED) is 0.855. The third-order valence-electron chi connectivity index (χ3n) is 3.39. The highest BCUT2D eigenvalue weighted by Gasteiger charge is 2.21. The Morgan fingerprint density at radius 2 is 2.24 bits per heavy atom. The molecule has 0 radical (unpaired) electrons. The molecule has 0 aliphatic carbocycles. The van der Waals surface area contributed by atoms with E-state index in [-0.39, 0.29) is 11.9 Å². The van der Waals surface area contributed by atoms with E-state index in [9.17, 15) is 4.79 Å². The van der Waals surface area contributed by atoms with Gasteiger partial charge in [-0.05, 0) is 38.7 Å². The van der Waals surface area contributed by atoms with Crippen LogP contribution in [0, 0.1) is 11.8 Å². The van der Waals surface area contributed by atoms with Gasteiger partial charge in [-0.3, -0.25) is 4.79 Å². The minimum atomic E-state index is -0.188. The number of pyridine rings is 1. The summed E-state index contributed by atoms with van der Waals surface area (Å²) in [5, 5.41) is 2.94. The van der Waals surface area contributed by atoms with Crippen molar-refractivity contribution >= 4 is 11.7 Å². The van der Waals surface area contributed by atoms with Gasteiger partial charge in [-0.15, -0.1) is 0 Å². The number of ether oxygens (including phenoxy) is 1. The molecule has 0 bridgehead atoms.